The molecule has 0 radical (unpaired) electrons. The molecular weight excluding hydrogens is 165 g/mol. The highest BCUT2D eigenvalue weighted by atomic mass is 19.4. The summed E-state index contributed by atoms with van der Waals surface area (Å²) in [5, 5.41) is 0. The maximum absolute atomic E-state index is 11.6. The van der Waals surface area contributed by atoms with Crippen molar-refractivity contribution in [1.82, 2.24) is 0 Å². The molecule has 6 heteroatoms. The largest absolute Gasteiger partial charge is 0.455 e. The molecule has 0 aliphatic carbocycles. The summed E-state index contributed by atoms with van der Waals surface area (Å²) in [6.45, 7) is 0.0684. The zero-order valence-corrected chi connectivity index (χ0v) is 5.35. The van der Waals surface area contributed by atoms with Crippen molar-refractivity contribution < 1.29 is 27.4 Å². The molecule has 11 heavy (non-hydrogen) atoms. The number of alkyl halides is 3. The predicted octanol–water partition coefficient (Wildman–Crippen LogP) is 0.491. The number of carbonyl (C=O) groups is 1. The molecule has 1 fully saturated rings. The fourth-order valence-corrected chi connectivity index (χ4v) is 0.643. The van der Waals surface area contributed by atoms with Crippen LogP contribution in [0.15, 0.2) is 0 Å². The third-order valence-electron chi connectivity index (χ3n) is 1.12. The van der Waals surface area contributed by atoms with Crippen LogP contribution < -0.4 is 0 Å². The van der Waals surface area contributed by atoms with Crippen LogP contribution in [0.3, 0.4) is 0 Å². The number of halogens is 3. The second-order valence-electron chi connectivity index (χ2n) is 1.94. The van der Waals surface area contributed by atoms with Crippen LogP contribution >= 0.6 is 0 Å². The summed E-state index contributed by atoms with van der Waals surface area (Å²) in [7, 11) is 0. The van der Waals surface area contributed by atoms with Crippen LogP contribution in [-0.2, 0) is 14.3 Å². The predicted molar refractivity (Wildman–Crippen MR) is 26.8 cm³/mol. The number of ketones is 1. The molecule has 1 saturated heterocycles. The number of rotatable bonds is 1. The van der Waals surface area contributed by atoms with E-state index >= 15 is 0 Å². The summed E-state index contributed by atoms with van der Waals surface area (Å²) in [4.78, 5) is 10.3. The molecule has 0 saturated carbocycles. The molecule has 0 spiro atoms. The summed E-state index contributed by atoms with van der Waals surface area (Å²) < 4.78 is 43.5. The molecule has 0 aromatic rings. The summed E-state index contributed by atoms with van der Waals surface area (Å²) in [5.41, 5.74) is 0. The maximum Gasteiger partial charge on any atom is 0.455 e. The van der Waals surface area contributed by atoms with Crippen molar-refractivity contribution in [2.75, 3.05) is 13.2 Å². The lowest BCUT2D eigenvalue weighted by Crippen LogP contribution is -2.34. The van der Waals surface area contributed by atoms with Gasteiger partial charge in [-0.2, -0.15) is 13.2 Å². The zero-order valence-electron chi connectivity index (χ0n) is 5.35. The second-order valence-corrected chi connectivity index (χ2v) is 1.94. The van der Waals surface area contributed by atoms with Gasteiger partial charge in [-0.1, -0.05) is 0 Å². The van der Waals surface area contributed by atoms with Gasteiger partial charge in [-0.25, -0.2) is 0 Å². The molecule has 1 aliphatic rings. The van der Waals surface area contributed by atoms with Gasteiger partial charge in [-0.15, -0.1) is 0 Å². The van der Waals surface area contributed by atoms with E-state index < -0.39 is 18.2 Å². The van der Waals surface area contributed by atoms with Crippen molar-refractivity contribution in [3.05, 3.63) is 0 Å². The van der Waals surface area contributed by atoms with Gasteiger partial charge in [-0.05, 0) is 0 Å². The van der Waals surface area contributed by atoms with Crippen LogP contribution in [-0.4, -0.2) is 31.5 Å². The van der Waals surface area contributed by atoms with Crippen molar-refractivity contribution in [3.8, 4) is 0 Å². The highest BCUT2D eigenvalue weighted by Gasteiger charge is 2.46. The van der Waals surface area contributed by atoms with Crippen LogP contribution in [0.1, 0.15) is 0 Å². The Labute approximate surface area is 60.1 Å². The first-order valence-corrected chi connectivity index (χ1v) is 2.86. The van der Waals surface area contributed by atoms with Crippen molar-refractivity contribution in [1.29, 1.82) is 0 Å². The fraction of sp³-hybridized carbons (Fsp3) is 0.800. The molecule has 0 bridgehead atoms. The number of ether oxygens (including phenoxy) is 2. The standard InChI is InChI=1S/C5H5F3O3/c6-5(7,8)3(9)4-10-1-2-11-4/h4H,1-2H2. The van der Waals surface area contributed by atoms with Crippen LogP contribution in [0.2, 0.25) is 0 Å². The van der Waals surface area contributed by atoms with E-state index in [0.29, 0.717) is 0 Å². The van der Waals surface area contributed by atoms with Crippen molar-refractivity contribution in [3.63, 3.8) is 0 Å². The number of hydrogen-bond donors (Lipinski definition) is 0. The first-order chi connectivity index (χ1) is 5.02. The Bertz CT molecular complexity index is 159. The van der Waals surface area contributed by atoms with Gasteiger partial charge in [0.05, 0.1) is 13.2 Å². The fourth-order valence-electron chi connectivity index (χ4n) is 0.643. The average Bonchev–Trinajstić information content (AvgIpc) is 2.34. The third kappa shape index (κ3) is 1.90. The van der Waals surface area contributed by atoms with E-state index in [-0.39, 0.29) is 13.2 Å². The molecule has 64 valence electrons. The minimum atomic E-state index is -4.87. The topological polar surface area (TPSA) is 35.5 Å². The van der Waals surface area contributed by atoms with Gasteiger partial charge in [0.15, 0.2) is 0 Å². The minimum absolute atomic E-state index is 0.0342. The van der Waals surface area contributed by atoms with Gasteiger partial charge in [0.2, 0.25) is 6.29 Å². The van der Waals surface area contributed by atoms with Crippen LogP contribution in [0.5, 0.6) is 0 Å². The molecular formula is C5H5F3O3. The second kappa shape index (κ2) is 2.78. The minimum Gasteiger partial charge on any atom is -0.343 e. The van der Waals surface area contributed by atoms with Gasteiger partial charge in [0.25, 0.3) is 5.78 Å². The smallest absolute Gasteiger partial charge is 0.343 e. The molecule has 1 aliphatic heterocycles. The van der Waals surface area contributed by atoms with E-state index in [2.05, 4.69) is 9.47 Å². The molecule has 0 amide bonds. The van der Waals surface area contributed by atoms with Gasteiger partial charge < -0.3 is 9.47 Å². The highest BCUT2D eigenvalue weighted by Crippen LogP contribution is 2.21. The molecule has 1 heterocycles. The molecule has 0 atom stereocenters. The van der Waals surface area contributed by atoms with E-state index in [0.717, 1.165) is 0 Å². The first-order valence-electron chi connectivity index (χ1n) is 2.86. The average molecular weight is 170 g/mol. The Balaban J connectivity index is 2.53. The lowest BCUT2D eigenvalue weighted by Gasteiger charge is -2.09. The van der Waals surface area contributed by atoms with E-state index in [1.165, 1.54) is 0 Å². The number of Topliss-reactive ketones (excluding diaryl/α,β-unsaturated/α-hetero) is 1. The van der Waals surface area contributed by atoms with Gasteiger partial charge >= 0.3 is 6.18 Å². The highest BCUT2D eigenvalue weighted by molar-refractivity contribution is 5.87. The van der Waals surface area contributed by atoms with E-state index in [1.54, 1.807) is 0 Å². The molecule has 0 unspecified atom stereocenters. The van der Waals surface area contributed by atoms with E-state index in [4.69, 9.17) is 0 Å². The Morgan fingerprint density at radius 1 is 1.27 bits per heavy atom. The van der Waals surface area contributed by atoms with E-state index in [1.807, 2.05) is 0 Å². The summed E-state index contributed by atoms with van der Waals surface area (Å²) in [5.74, 6) is -1.98. The molecule has 3 nitrogen and oxygen atoms in total. The number of carbonyl (C=O) groups excluding carboxylic acids is 1. The van der Waals surface area contributed by atoms with Gasteiger partial charge in [0.1, 0.15) is 0 Å². The summed E-state index contributed by atoms with van der Waals surface area (Å²) >= 11 is 0. The normalized spacial score (nSPS) is 20.6. The Kier molecular flexibility index (Phi) is 2.15. The van der Waals surface area contributed by atoms with Crippen LogP contribution in [0.25, 0.3) is 0 Å². The van der Waals surface area contributed by atoms with Crippen molar-refractivity contribution >= 4 is 5.78 Å². The third-order valence-corrected chi connectivity index (χ3v) is 1.12. The van der Waals surface area contributed by atoms with Crippen molar-refractivity contribution in [2.45, 2.75) is 12.5 Å². The van der Waals surface area contributed by atoms with Crippen molar-refractivity contribution in [2.24, 2.45) is 0 Å². The zero-order chi connectivity index (χ0) is 8.48. The van der Waals surface area contributed by atoms with Gasteiger partial charge in [-0.3, -0.25) is 4.79 Å². The molecule has 0 aromatic heterocycles. The lowest BCUT2D eigenvalue weighted by atomic mass is 10.4. The quantitative estimate of drug-likeness (QED) is 0.574. The molecule has 0 N–H and O–H groups in total. The number of hydrogen-bond acceptors (Lipinski definition) is 3. The Morgan fingerprint density at radius 3 is 2.09 bits per heavy atom. The Morgan fingerprint density at radius 2 is 1.73 bits per heavy atom. The SMILES string of the molecule is O=C(C1OCCO1)C(F)(F)F. The Hall–Kier alpha value is -0.620. The summed E-state index contributed by atoms with van der Waals surface area (Å²) in [6.07, 6.45) is -6.61. The molecule has 1 rings (SSSR count). The van der Waals surface area contributed by atoms with Crippen LogP contribution in [0.4, 0.5) is 13.2 Å². The van der Waals surface area contributed by atoms with Gasteiger partial charge in [0, 0.05) is 0 Å². The first kappa shape index (κ1) is 8.48. The van der Waals surface area contributed by atoms with E-state index in [9.17, 15) is 18.0 Å². The van der Waals surface area contributed by atoms with Crippen LogP contribution in [0, 0.1) is 0 Å². The monoisotopic (exact) mass is 170 g/mol. The maximum atomic E-state index is 11.6. The summed E-state index contributed by atoms with van der Waals surface area (Å²) in [6, 6.07) is 0. The lowest BCUT2D eigenvalue weighted by molar-refractivity contribution is -0.194. The molecule has 0 aromatic carbocycles.